The van der Waals surface area contributed by atoms with Crippen LogP contribution < -0.4 is 5.73 Å². The Balaban J connectivity index is 1.76. The van der Waals surface area contributed by atoms with Crippen LogP contribution in [0.5, 0.6) is 0 Å². The van der Waals surface area contributed by atoms with Crippen molar-refractivity contribution in [3.05, 3.63) is 60.4 Å². The summed E-state index contributed by atoms with van der Waals surface area (Å²) in [5.41, 5.74) is 9.05. The lowest BCUT2D eigenvalue weighted by Crippen LogP contribution is -1.85. The van der Waals surface area contributed by atoms with Crippen molar-refractivity contribution in [2.45, 2.75) is 10.1 Å². The molecule has 0 bridgehead atoms. The highest BCUT2D eigenvalue weighted by Crippen LogP contribution is 2.36. The van der Waals surface area contributed by atoms with Crippen LogP contribution in [0.2, 0.25) is 0 Å². The molecule has 2 aromatic heterocycles. The van der Waals surface area contributed by atoms with Crippen LogP contribution in [-0.4, -0.2) is 9.97 Å². The molecule has 2 heterocycles. The molecule has 0 radical (unpaired) electrons. The molecule has 3 aromatic rings. The van der Waals surface area contributed by atoms with Gasteiger partial charge in [0.1, 0.15) is 10.7 Å². The van der Waals surface area contributed by atoms with Crippen molar-refractivity contribution in [2.75, 3.05) is 5.73 Å². The molecule has 0 aliphatic heterocycles. The molecule has 0 aliphatic carbocycles. The minimum atomic E-state index is 0.764. The first-order valence-electron chi connectivity index (χ1n) is 6.17. The third-order valence-corrected chi connectivity index (χ3v) is 4.81. The van der Waals surface area contributed by atoms with Gasteiger partial charge in [-0.05, 0) is 12.1 Å². The predicted octanol–water partition coefficient (Wildman–Crippen LogP) is 4.08. The smallest absolute Gasteiger partial charge is 0.152 e. The summed E-state index contributed by atoms with van der Waals surface area (Å²) in [4.78, 5) is 8.93. The Morgan fingerprint density at radius 1 is 1.05 bits per heavy atom. The topological polar surface area (TPSA) is 51.8 Å². The largest absolute Gasteiger partial charge is 0.389 e. The molecule has 0 spiro atoms. The van der Waals surface area contributed by atoms with Gasteiger partial charge in [-0.25, -0.2) is 4.98 Å². The Labute approximate surface area is 125 Å². The highest BCUT2D eigenvalue weighted by molar-refractivity contribution is 8.00. The lowest BCUT2D eigenvalue weighted by atomic mass is 10.2. The number of thioether (sulfide) groups is 1. The molecule has 0 unspecified atom stereocenters. The third-order valence-electron chi connectivity index (χ3n) is 2.75. The molecular weight excluding hydrogens is 286 g/mol. The monoisotopic (exact) mass is 299 g/mol. The maximum Gasteiger partial charge on any atom is 0.152 e. The number of anilines is 1. The standard InChI is InChI=1S/C15H13N3S2/c16-14-13(11-6-2-1-3-7-11)18-15(20-14)19-10-12-8-4-5-9-17-12/h1-9H,10,16H2. The minimum Gasteiger partial charge on any atom is -0.389 e. The lowest BCUT2D eigenvalue weighted by molar-refractivity contribution is 1.17. The number of thiazole rings is 1. The first-order valence-corrected chi connectivity index (χ1v) is 7.97. The second-order valence-corrected chi connectivity index (χ2v) is 6.42. The Morgan fingerprint density at radius 3 is 2.60 bits per heavy atom. The lowest BCUT2D eigenvalue weighted by Gasteiger charge is -1.97. The van der Waals surface area contributed by atoms with Gasteiger partial charge in [-0.15, -0.1) is 0 Å². The SMILES string of the molecule is Nc1sc(SCc2ccccn2)nc1-c1ccccc1. The Bertz CT molecular complexity index is 681. The number of nitrogen functional groups attached to an aromatic ring is 1. The molecule has 5 heteroatoms. The van der Waals surface area contributed by atoms with Gasteiger partial charge in [0.05, 0.1) is 5.69 Å². The van der Waals surface area contributed by atoms with Gasteiger partial charge < -0.3 is 5.73 Å². The molecule has 0 saturated carbocycles. The molecule has 2 N–H and O–H groups in total. The minimum absolute atomic E-state index is 0.764. The van der Waals surface area contributed by atoms with E-state index in [-0.39, 0.29) is 0 Å². The first kappa shape index (κ1) is 13.1. The molecule has 3 nitrogen and oxygen atoms in total. The van der Waals surface area contributed by atoms with Crippen molar-refractivity contribution in [3.63, 3.8) is 0 Å². The molecular formula is C15H13N3S2. The molecule has 0 fully saturated rings. The van der Waals surface area contributed by atoms with Crippen LogP contribution in [0.3, 0.4) is 0 Å². The van der Waals surface area contributed by atoms with E-state index in [0.29, 0.717) is 0 Å². The number of aromatic nitrogens is 2. The van der Waals surface area contributed by atoms with E-state index >= 15 is 0 Å². The van der Waals surface area contributed by atoms with E-state index in [0.717, 1.165) is 32.0 Å². The van der Waals surface area contributed by atoms with E-state index in [1.165, 1.54) is 11.3 Å². The predicted molar refractivity (Wildman–Crippen MR) is 85.8 cm³/mol. The molecule has 0 aliphatic rings. The van der Waals surface area contributed by atoms with E-state index in [4.69, 9.17) is 5.73 Å². The second kappa shape index (κ2) is 6.07. The van der Waals surface area contributed by atoms with Crippen LogP contribution in [0.1, 0.15) is 5.69 Å². The third kappa shape index (κ3) is 3.00. The zero-order valence-corrected chi connectivity index (χ0v) is 12.3. The number of hydrogen-bond donors (Lipinski definition) is 1. The summed E-state index contributed by atoms with van der Waals surface area (Å²) in [5.74, 6) is 0.808. The zero-order chi connectivity index (χ0) is 13.8. The first-order chi connectivity index (χ1) is 9.83. The normalized spacial score (nSPS) is 10.6. The van der Waals surface area contributed by atoms with Gasteiger partial charge in [-0.1, -0.05) is 59.5 Å². The van der Waals surface area contributed by atoms with E-state index in [1.54, 1.807) is 11.8 Å². The second-order valence-electron chi connectivity index (χ2n) is 4.17. The van der Waals surface area contributed by atoms with Crippen LogP contribution in [-0.2, 0) is 5.75 Å². The summed E-state index contributed by atoms with van der Waals surface area (Å²) in [6, 6.07) is 16.0. The van der Waals surface area contributed by atoms with E-state index in [1.807, 2.05) is 54.7 Å². The van der Waals surface area contributed by atoms with Gasteiger partial charge in [0, 0.05) is 17.5 Å². The summed E-state index contributed by atoms with van der Waals surface area (Å²) >= 11 is 3.20. The van der Waals surface area contributed by atoms with Crippen molar-refractivity contribution in [2.24, 2.45) is 0 Å². The Hall–Kier alpha value is -1.85. The van der Waals surface area contributed by atoms with Gasteiger partial charge >= 0.3 is 0 Å². The summed E-state index contributed by atoms with van der Waals surface area (Å²) in [6.45, 7) is 0. The maximum absolute atomic E-state index is 6.07. The van der Waals surface area contributed by atoms with Crippen molar-refractivity contribution in [3.8, 4) is 11.3 Å². The summed E-state index contributed by atoms with van der Waals surface area (Å²) < 4.78 is 0.979. The van der Waals surface area contributed by atoms with Gasteiger partial charge in [-0.3, -0.25) is 4.98 Å². The van der Waals surface area contributed by atoms with Gasteiger partial charge in [0.25, 0.3) is 0 Å². The summed E-state index contributed by atoms with van der Waals surface area (Å²) in [7, 11) is 0. The average Bonchev–Trinajstić information content (AvgIpc) is 2.88. The van der Waals surface area contributed by atoms with Crippen molar-refractivity contribution >= 4 is 28.1 Å². The van der Waals surface area contributed by atoms with Gasteiger partial charge in [0.2, 0.25) is 0 Å². The molecule has 20 heavy (non-hydrogen) atoms. The number of nitrogens with zero attached hydrogens (tertiary/aromatic N) is 2. The van der Waals surface area contributed by atoms with E-state index in [9.17, 15) is 0 Å². The number of rotatable bonds is 4. The molecule has 0 atom stereocenters. The highest BCUT2D eigenvalue weighted by Gasteiger charge is 2.10. The van der Waals surface area contributed by atoms with Crippen LogP contribution in [0.25, 0.3) is 11.3 Å². The molecule has 0 amide bonds. The Kier molecular flexibility index (Phi) is 3.99. The maximum atomic E-state index is 6.07. The van der Waals surface area contributed by atoms with Crippen molar-refractivity contribution in [1.29, 1.82) is 0 Å². The Morgan fingerprint density at radius 2 is 1.85 bits per heavy atom. The fourth-order valence-electron chi connectivity index (χ4n) is 1.80. The zero-order valence-electron chi connectivity index (χ0n) is 10.7. The molecule has 0 saturated heterocycles. The summed E-state index contributed by atoms with van der Waals surface area (Å²) in [5, 5.41) is 0.764. The van der Waals surface area contributed by atoms with Crippen LogP contribution in [0.15, 0.2) is 59.1 Å². The van der Waals surface area contributed by atoms with Crippen molar-refractivity contribution in [1.82, 2.24) is 9.97 Å². The number of pyridine rings is 1. The van der Waals surface area contributed by atoms with Crippen LogP contribution in [0, 0.1) is 0 Å². The van der Waals surface area contributed by atoms with Crippen LogP contribution in [0.4, 0.5) is 5.00 Å². The number of benzene rings is 1. The number of hydrogen-bond acceptors (Lipinski definition) is 5. The van der Waals surface area contributed by atoms with E-state index < -0.39 is 0 Å². The average molecular weight is 299 g/mol. The molecule has 1 aromatic carbocycles. The summed E-state index contributed by atoms with van der Waals surface area (Å²) in [6.07, 6.45) is 1.81. The molecule has 100 valence electrons. The highest BCUT2D eigenvalue weighted by atomic mass is 32.2. The van der Waals surface area contributed by atoms with Crippen LogP contribution >= 0.6 is 23.1 Å². The van der Waals surface area contributed by atoms with E-state index in [2.05, 4.69) is 9.97 Å². The fourth-order valence-corrected chi connectivity index (χ4v) is 3.66. The van der Waals surface area contributed by atoms with Gasteiger partial charge in [-0.2, -0.15) is 0 Å². The molecule has 3 rings (SSSR count). The van der Waals surface area contributed by atoms with Gasteiger partial charge in [0.15, 0.2) is 4.34 Å². The van der Waals surface area contributed by atoms with Crippen molar-refractivity contribution < 1.29 is 0 Å². The quantitative estimate of drug-likeness (QED) is 0.738. The fraction of sp³-hybridized carbons (Fsp3) is 0.0667. The number of nitrogens with two attached hydrogens (primary N) is 1.